The van der Waals surface area contributed by atoms with Crippen molar-refractivity contribution in [3.05, 3.63) is 30.3 Å². The smallest absolute Gasteiger partial charge is 0.143 e. The van der Waals surface area contributed by atoms with Gasteiger partial charge in [0.15, 0.2) is 0 Å². The lowest BCUT2D eigenvalue weighted by atomic mass is 10.2. The molecule has 2 atom stereocenters. The number of benzene rings is 1. The van der Waals surface area contributed by atoms with E-state index in [4.69, 9.17) is 0 Å². The SMILES string of the molecule is CC(C)(C)[P@@](=O)(c1ccccc1)[C@@H]1CCCC1=O. The second kappa shape index (κ2) is 4.66. The average molecular weight is 264 g/mol. The minimum atomic E-state index is -2.71. The number of carbonyl (C=O) groups excluding carboxylic acids is 1. The second-order valence-corrected chi connectivity index (χ2v) is 9.84. The molecule has 0 saturated heterocycles. The number of hydrogen-bond acceptors (Lipinski definition) is 2. The summed E-state index contributed by atoms with van der Waals surface area (Å²) in [5.74, 6) is 0.192. The highest BCUT2D eigenvalue weighted by atomic mass is 31.2. The lowest BCUT2D eigenvalue weighted by molar-refractivity contribution is -0.117. The Morgan fingerprint density at radius 2 is 1.78 bits per heavy atom. The van der Waals surface area contributed by atoms with E-state index in [-0.39, 0.29) is 16.6 Å². The van der Waals surface area contributed by atoms with Gasteiger partial charge in [0.25, 0.3) is 0 Å². The van der Waals surface area contributed by atoms with Gasteiger partial charge in [0.05, 0.1) is 5.66 Å². The summed E-state index contributed by atoms with van der Waals surface area (Å²) in [4.78, 5) is 12.1. The summed E-state index contributed by atoms with van der Waals surface area (Å²) in [6, 6.07) is 9.57. The normalized spacial score (nSPS) is 23.9. The zero-order valence-corrected chi connectivity index (χ0v) is 12.2. The van der Waals surface area contributed by atoms with Crippen LogP contribution < -0.4 is 5.30 Å². The molecule has 0 bridgehead atoms. The van der Waals surface area contributed by atoms with Crippen LogP contribution in [-0.4, -0.2) is 16.6 Å². The summed E-state index contributed by atoms with van der Waals surface area (Å²) in [6.45, 7) is 5.98. The molecule has 18 heavy (non-hydrogen) atoms. The molecule has 1 aliphatic carbocycles. The third-order valence-electron chi connectivity index (χ3n) is 3.85. The van der Waals surface area contributed by atoms with E-state index in [2.05, 4.69) is 0 Å². The summed E-state index contributed by atoms with van der Waals surface area (Å²) >= 11 is 0. The number of ketones is 1. The Morgan fingerprint density at radius 1 is 1.17 bits per heavy atom. The van der Waals surface area contributed by atoms with Gasteiger partial charge in [-0.15, -0.1) is 0 Å². The molecule has 0 spiro atoms. The quantitative estimate of drug-likeness (QED) is 0.765. The molecule has 98 valence electrons. The van der Waals surface area contributed by atoms with E-state index in [1.807, 2.05) is 51.1 Å². The summed E-state index contributed by atoms with van der Waals surface area (Å²) in [6.07, 6.45) is 2.26. The van der Waals surface area contributed by atoms with Crippen molar-refractivity contribution in [1.29, 1.82) is 0 Å². The Balaban J connectivity index is 2.55. The predicted molar refractivity (Wildman–Crippen MR) is 76.1 cm³/mol. The van der Waals surface area contributed by atoms with Crippen LogP contribution in [0.2, 0.25) is 0 Å². The third-order valence-corrected chi connectivity index (χ3v) is 8.33. The standard InChI is InChI=1S/C15H21O2P/c1-15(2,3)18(17,12-8-5-4-6-9-12)14-11-7-10-13(14)16/h4-6,8-9,14H,7,10-11H2,1-3H3/t14-,18-/m1/s1. The van der Waals surface area contributed by atoms with Crippen LogP contribution in [-0.2, 0) is 9.36 Å². The van der Waals surface area contributed by atoms with Gasteiger partial charge in [0.1, 0.15) is 12.9 Å². The van der Waals surface area contributed by atoms with Crippen LogP contribution in [0.3, 0.4) is 0 Å². The van der Waals surface area contributed by atoms with E-state index < -0.39 is 7.14 Å². The maximum absolute atomic E-state index is 13.6. The molecule has 3 heteroatoms. The summed E-state index contributed by atoms with van der Waals surface area (Å²) in [5, 5.41) is 0.497. The molecule has 1 aliphatic rings. The van der Waals surface area contributed by atoms with Crippen molar-refractivity contribution in [3.63, 3.8) is 0 Å². The van der Waals surface area contributed by atoms with Crippen LogP contribution in [0.25, 0.3) is 0 Å². The van der Waals surface area contributed by atoms with Gasteiger partial charge in [-0.05, 0) is 12.8 Å². The Bertz CT molecular complexity index is 485. The summed E-state index contributed by atoms with van der Waals surface area (Å²) < 4.78 is 13.6. The van der Waals surface area contributed by atoms with Crippen molar-refractivity contribution < 1.29 is 9.36 Å². The van der Waals surface area contributed by atoms with Gasteiger partial charge in [-0.2, -0.15) is 0 Å². The zero-order valence-electron chi connectivity index (χ0n) is 11.3. The van der Waals surface area contributed by atoms with Crippen molar-refractivity contribution >= 4 is 18.2 Å². The van der Waals surface area contributed by atoms with Crippen molar-refractivity contribution in [1.82, 2.24) is 0 Å². The second-order valence-electron chi connectivity index (χ2n) is 6.04. The van der Waals surface area contributed by atoms with Gasteiger partial charge in [0, 0.05) is 16.9 Å². The molecule has 1 aromatic rings. The van der Waals surface area contributed by atoms with E-state index in [1.165, 1.54) is 0 Å². The average Bonchev–Trinajstić information content (AvgIpc) is 2.74. The van der Waals surface area contributed by atoms with E-state index in [0.717, 1.165) is 18.1 Å². The lowest BCUT2D eigenvalue weighted by Gasteiger charge is -2.35. The zero-order chi connectivity index (χ0) is 13.4. The van der Waals surface area contributed by atoms with E-state index in [1.54, 1.807) is 0 Å². The van der Waals surface area contributed by atoms with Gasteiger partial charge in [-0.25, -0.2) is 0 Å². The minimum absolute atomic E-state index is 0.192. The molecular formula is C15H21O2P. The molecule has 0 amide bonds. The number of rotatable bonds is 2. The first-order chi connectivity index (χ1) is 8.37. The van der Waals surface area contributed by atoms with Crippen LogP contribution in [0.15, 0.2) is 30.3 Å². The van der Waals surface area contributed by atoms with Gasteiger partial charge in [0.2, 0.25) is 0 Å². The fraction of sp³-hybridized carbons (Fsp3) is 0.533. The van der Waals surface area contributed by atoms with Crippen molar-refractivity contribution in [2.75, 3.05) is 0 Å². The molecular weight excluding hydrogens is 243 g/mol. The number of Topliss-reactive ketones (excluding diaryl/α,β-unsaturated/α-hetero) is 1. The molecule has 1 aromatic carbocycles. The fourth-order valence-electron chi connectivity index (χ4n) is 2.87. The molecule has 1 saturated carbocycles. The van der Waals surface area contributed by atoms with Gasteiger partial charge < -0.3 is 4.57 Å². The van der Waals surface area contributed by atoms with Crippen molar-refractivity contribution in [2.24, 2.45) is 0 Å². The Kier molecular flexibility index (Phi) is 3.51. The van der Waals surface area contributed by atoms with Crippen LogP contribution >= 0.6 is 7.14 Å². The topological polar surface area (TPSA) is 34.1 Å². The van der Waals surface area contributed by atoms with Gasteiger partial charge in [-0.1, -0.05) is 51.1 Å². The number of carbonyl (C=O) groups is 1. The molecule has 2 rings (SSSR count). The van der Waals surface area contributed by atoms with Crippen LogP contribution in [0.4, 0.5) is 0 Å². The molecule has 1 fully saturated rings. The molecule has 0 heterocycles. The van der Waals surface area contributed by atoms with Crippen molar-refractivity contribution in [3.8, 4) is 0 Å². The Labute approximate surface area is 109 Å². The molecule has 0 N–H and O–H groups in total. The van der Waals surface area contributed by atoms with Crippen LogP contribution in [0.5, 0.6) is 0 Å². The molecule has 0 aliphatic heterocycles. The van der Waals surface area contributed by atoms with Crippen LogP contribution in [0, 0.1) is 0 Å². The fourth-order valence-corrected chi connectivity index (χ4v) is 6.63. The van der Waals surface area contributed by atoms with E-state index in [9.17, 15) is 9.36 Å². The monoisotopic (exact) mass is 264 g/mol. The minimum Gasteiger partial charge on any atom is -0.317 e. The van der Waals surface area contributed by atoms with E-state index >= 15 is 0 Å². The Morgan fingerprint density at radius 3 is 2.22 bits per heavy atom. The van der Waals surface area contributed by atoms with Crippen molar-refractivity contribution in [2.45, 2.75) is 50.8 Å². The summed E-state index contributed by atoms with van der Waals surface area (Å²) in [7, 11) is -2.71. The molecule has 2 nitrogen and oxygen atoms in total. The molecule has 0 radical (unpaired) electrons. The maximum atomic E-state index is 13.6. The first-order valence-electron chi connectivity index (χ1n) is 6.55. The largest absolute Gasteiger partial charge is 0.317 e. The maximum Gasteiger partial charge on any atom is 0.143 e. The molecule has 0 unspecified atom stereocenters. The highest BCUT2D eigenvalue weighted by molar-refractivity contribution is 7.74. The highest BCUT2D eigenvalue weighted by Crippen LogP contribution is 2.63. The Hall–Kier alpha value is -0.880. The first kappa shape index (κ1) is 13.5. The highest BCUT2D eigenvalue weighted by Gasteiger charge is 2.49. The van der Waals surface area contributed by atoms with Gasteiger partial charge in [-0.3, -0.25) is 4.79 Å². The van der Waals surface area contributed by atoms with Gasteiger partial charge >= 0.3 is 0 Å². The lowest BCUT2D eigenvalue weighted by Crippen LogP contribution is -2.33. The molecule has 0 aromatic heterocycles. The first-order valence-corrected chi connectivity index (χ1v) is 8.33. The summed E-state index contributed by atoms with van der Waals surface area (Å²) in [5.41, 5.74) is -0.264. The van der Waals surface area contributed by atoms with Crippen LogP contribution in [0.1, 0.15) is 40.0 Å². The third kappa shape index (κ3) is 2.07. The number of hydrogen-bond donors (Lipinski definition) is 0. The predicted octanol–water partition coefficient (Wildman–Crippen LogP) is 3.60. The van der Waals surface area contributed by atoms with E-state index in [0.29, 0.717) is 6.42 Å².